The Balaban J connectivity index is 1.55. The molecule has 0 saturated carbocycles. The molecule has 0 spiro atoms. The zero-order valence-electron chi connectivity index (χ0n) is 16.8. The number of nitrogens with zero attached hydrogens (tertiary/aromatic N) is 3. The van der Waals surface area contributed by atoms with E-state index in [1.807, 2.05) is 19.1 Å². The fraction of sp³-hybridized carbons (Fsp3) is 0.304. The monoisotopic (exact) mass is 392 g/mol. The van der Waals surface area contributed by atoms with Crippen LogP contribution in [0.3, 0.4) is 0 Å². The molecule has 2 aromatic carbocycles. The average Bonchev–Trinajstić information content (AvgIpc) is 2.72. The Morgan fingerprint density at radius 2 is 1.86 bits per heavy atom. The van der Waals surface area contributed by atoms with Crippen LogP contribution in [0.15, 0.2) is 48.5 Å². The van der Waals surface area contributed by atoms with E-state index in [1.165, 1.54) is 17.8 Å². The van der Waals surface area contributed by atoms with Crippen LogP contribution in [-0.2, 0) is 6.54 Å². The van der Waals surface area contributed by atoms with E-state index in [4.69, 9.17) is 0 Å². The standard InChI is InChI=1S/C23H25FN4O/c1-16-13-20(19-8-7-18(24)14-21(19)26-16)23(29)25-15-17-5-3-4-6-22(17)28-11-9-27(2)10-12-28/h3-8,13-14H,9-12,15H2,1-2H3,(H,25,29). The molecule has 1 amide bonds. The smallest absolute Gasteiger partial charge is 0.252 e. The topological polar surface area (TPSA) is 48.5 Å². The fourth-order valence-corrected chi connectivity index (χ4v) is 3.81. The zero-order valence-corrected chi connectivity index (χ0v) is 16.8. The summed E-state index contributed by atoms with van der Waals surface area (Å²) in [6.07, 6.45) is 0. The van der Waals surface area contributed by atoms with Crippen LogP contribution < -0.4 is 10.2 Å². The van der Waals surface area contributed by atoms with Crippen molar-refractivity contribution in [2.75, 3.05) is 38.1 Å². The van der Waals surface area contributed by atoms with Gasteiger partial charge in [0.05, 0.1) is 11.1 Å². The van der Waals surface area contributed by atoms with Gasteiger partial charge in [0.1, 0.15) is 5.82 Å². The third-order valence-electron chi connectivity index (χ3n) is 5.42. The minimum absolute atomic E-state index is 0.180. The number of anilines is 1. The van der Waals surface area contributed by atoms with Crippen molar-refractivity contribution < 1.29 is 9.18 Å². The van der Waals surface area contributed by atoms with Gasteiger partial charge in [-0.15, -0.1) is 0 Å². The summed E-state index contributed by atoms with van der Waals surface area (Å²) in [6, 6.07) is 14.3. The van der Waals surface area contributed by atoms with Crippen molar-refractivity contribution in [3.05, 3.63) is 71.2 Å². The van der Waals surface area contributed by atoms with Crippen LogP contribution in [0.2, 0.25) is 0 Å². The van der Waals surface area contributed by atoms with Gasteiger partial charge in [0.15, 0.2) is 0 Å². The molecule has 150 valence electrons. The minimum Gasteiger partial charge on any atom is -0.369 e. The first-order chi connectivity index (χ1) is 14.0. The Kier molecular flexibility index (Phi) is 5.45. The number of pyridine rings is 1. The lowest BCUT2D eigenvalue weighted by molar-refractivity contribution is 0.0952. The third kappa shape index (κ3) is 4.22. The maximum Gasteiger partial charge on any atom is 0.252 e. The summed E-state index contributed by atoms with van der Waals surface area (Å²) < 4.78 is 13.6. The number of piperazine rings is 1. The lowest BCUT2D eigenvalue weighted by Crippen LogP contribution is -2.45. The number of carbonyl (C=O) groups is 1. The molecule has 1 saturated heterocycles. The van der Waals surface area contributed by atoms with Gasteiger partial charge in [-0.25, -0.2) is 4.39 Å². The molecule has 5 nitrogen and oxygen atoms in total. The van der Waals surface area contributed by atoms with Crippen molar-refractivity contribution in [2.24, 2.45) is 0 Å². The SMILES string of the molecule is Cc1cc(C(=O)NCc2ccccc2N2CCN(C)CC2)c2ccc(F)cc2n1. The van der Waals surface area contributed by atoms with E-state index in [2.05, 4.69) is 39.3 Å². The lowest BCUT2D eigenvalue weighted by atomic mass is 10.1. The number of hydrogen-bond acceptors (Lipinski definition) is 4. The predicted molar refractivity (Wildman–Crippen MR) is 114 cm³/mol. The van der Waals surface area contributed by atoms with E-state index < -0.39 is 0 Å². The highest BCUT2D eigenvalue weighted by Crippen LogP contribution is 2.23. The van der Waals surface area contributed by atoms with Gasteiger partial charge in [-0.3, -0.25) is 9.78 Å². The van der Waals surface area contributed by atoms with Crippen molar-refractivity contribution in [1.29, 1.82) is 0 Å². The summed E-state index contributed by atoms with van der Waals surface area (Å²) in [7, 11) is 2.14. The molecule has 1 aliphatic heterocycles. The predicted octanol–water partition coefficient (Wildman–Crippen LogP) is 3.36. The van der Waals surface area contributed by atoms with Gasteiger partial charge in [-0.2, -0.15) is 0 Å². The Labute approximate surface area is 170 Å². The van der Waals surface area contributed by atoms with Gasteiger partial charge in [-0.1, -0.05) is 18.2 Å². The summed E-state index contributed by atoms with van der Waals surface area (Å²) in [5.74, 6) is -0.539. The molecule has 0 aliphatic carbocycles. The normalized spacial score (nSPS) is 14.9. The van der Waals surface area contributed by atoms with E-state index in [-0.39, 0.29) is 11.7 Å². The molecule has 1 N–H and O–H groups in total. The van der Waals surface area contributed by atoms with Crippen molar-refractivity contribution >= 4 is 22.5 Å². The number of benzene rings is 2. The first kappa shape index (κ1) is 19.3. The zero-order chi connectivity index (χ0) is 20.4. The highest BCUT2D eigenvalue weighted by molar-refractivity contribution is 6.06. The number of carbonyl (C=O) groups excluding carboxylic acids is 1. The van der Waals surface area contributed by atoms with Gasteiger partial charge in [-0.05, 0) is 43.8 Å². The molecule has 4 rings (SSSR count). The van der Waals surface area contributed by atoms with E-state index in [0.717, 1.165) is 31.7 Å². The molecule has 29 heavy (non-hydrogen) atoms. The fourth-order valence-electron chi connectivity index (χ4n) is 3.81. The van der Waals surface area contributed by atoms with E-state index in [1.54, 1.807) is 12.1 Å². The molecule has 0 unspecified atom stereocenters. The largest absolute Gasteiger partial charge is 0.369 e. The van der Waals surface area contributed by atoms with E-state index in [0.29, 0.717) is 28.7 Å². The van der Waals surface area contributed by atoms with Gasteiger partial charge in [0, 0.05) is 55.6 Å². The Bertz CT molecular complexity index is 1040. The Hall–Kier alpha value is -2.99. The number of fused-ring (bicyclic) bond motifs is 1. The highest BCUT2D eigenvalue weighted by Gasteiger charge is 2.18. The minimum atomic E-state index is -0.358. The second-order valence-corrected chi connectivity index (χ2v) is 7.57. The molecule has 0 atom stereocenters. The van der Waals surface area contributed by atoms with Gasteiger partial charge in [0.25, 0.3) is 5.91 Å². The highest BCUT2D eigenvalue weighted by atomic mass is 19.1. The third-order valence-corrected chi connectivity index (χ3v) is 5.42. The van der Waals surface area contributed by atoms with Crippen LogP contribution in [-0.4, -0.2) is 49.0 Å². The summed E-state index contributed by atoms with van der Waals surface area (Å²) in [4.78, 5) is 22.0. The van der Waals surface area contributed by atoms with Gasteiger partial charge in [0.2, 0.25) is 0 Å². The number of nitrogens with one attached hydrogen (secondary N) is 1. The quantitative estimate of drug-likeness (QED) is 0.740. The molecule has 1 aromatic heterocycles. The van der Waals surface area contributed by atoms with Crippen LogP contribution in [0.5, 0.6) is 0 Å². The van der Waals surface area contributed by atoms with E-state index >= 15 is 0 Å². The van der Waals surface area contributed by atoms with Crippen LogP contribution in [0.1, 0.15) is 21.6 Å². The summed E-state index contributed by atoms with van der Waals surface area (Å²) in [5, 5.41) is 3.69. The van der Waals surface area contributed by atoms with Crippen molar-refractivity contribution in [2.45, 2.75) is 13.5 Å². The first-order valence-corrected chi connectivity index (χ1v) is 9.88. The number of aryl methyl sites for hydroxylation is 1. The van der Waals surface area contributed by atoms with Crippen LogP contribution in [0.25, 0.3) is 10.9 Å². The summed E-state index contributed by atoms with van der Waals surface area (Å²) in [6.45, 7) is 6.25. The Morgan fingerprint density at radius 1 is 1.10 bits per heavy atom. The number of para-hydroxylation sites is 1. The summed E-state index contributed by atoms with van der Waals surface area (Å²) >= 11 is 0. The molecule has 3 aromatic rings. The van der Waals surface area contributed by atoms with Crippen LogP contribution in [0.4, 0.5) is 10.1 Å². The molecule has 2 heterocycles. The summed E-state index contributed by atoms with van der Waals surface area (Å²) in [5.41, 5.74) is 3.95. The number of aromatic nitrogens is 1. The van der Waals surface area contributed by atoms with E-state index in [9.17, 15) is 9.18 Å². The van der Waals surface area contributed by atoms with Crippen LogP contribution >= 0.6 is 0 Å². The van der Waals surface area contributed by atoms with Crippen molar-refractivity contribution in [3.63, 3.8) is 0 Å². The molecular formula is C23H25FN4O. The molecule has 0 bridgehead atoms. The Morgan fingerprint density at radius 3 is 2.66 bits per heavy atom. The second kappa shape index (κ2) is 8.17. The number of amides is 1. The number of likely N-dealkylation sites (N-methyl/N-ethyl adjacent to an activating group) is 1. The molecule has 6 heteroatoms. The molecule has 1 aliphatic rings. The maximum atomic E-state index is 13.6. The van der Waals surface area contributed by atoms with Gasteiger partial charge < -0.3 is 15.1 Å². The second-order valence-electron chi connectivity index (χ2n) is 7.57. The molecular weight excluding hydrogens is 367 g/mol. The van der Waals surface area contributed by atoms with Crippen molar-refractivity contribution in [1.82, 2.24) is 15.2 Å². The number of halogens is 1. The first-order valence-electron chi connectivity index (χ1n) is 9.88. The molecule has 0 radical (unpaired) electrons. The maximum absolute atomic E-state index is 13.6. The van der Waals surface area contributed by atoms with Gasteiger partial charge >= 0.3 is 0 Å². The number of hydrogen-bond donors (Lipinski definition) is 1. The average molecular weight is 392 g/mol. The van der Waals surface area contributed by atoms with Crippen molar-refractivity contribution in [3.8, 4) is 0 Å². The lowest BCUT2D eigenvalue weighted by Gasteiger charge is -2.35. The van der Waals surface area contributed by atoms with Crippen LogP contribution in [0, 0.1) is 12.7 Å². The molecule has 1 fully saturated rings. The number of rotatable bonds is 4.